The van der Waals surface area contributed by atoms with Gasteiger partial charge in [0, 0.05) is 19.3 Å². The zero-order chi connectivity index (χ0) is 15.2. The number of sulfone groups is 1. The van der Waals surface area contributed by atoms with Crippen LogP contribution in [0.4, 0.5) is 4.79 Å². The molecule has 1 atom stereocenters. The molecule has 0 aromatic rings. The van der Waals surface area contributed by atoms with Crippen LogP contribution in [0.2, 0.25) is 0 Å². The number of sulfonamides is 1. The molecule has 2 N–H and O–H groups in total. The van der Waals surface area contributed by atoms with Crippen LogP contribution in [0.3, 0.4) is 0 Å². The van der Waals surface area contributed by atoms with Gasteiger partial charge in [-0.3, -0.25) is 10.1 Å². The van der Waals surface area contributed by atoms with E-state index in [-0.39, 0.29) is 13.1 Å². The second-order valence-electron chi connectivity index (χ2n) is 5.08. The molecule has 11 heteroatoms. The van der Waals surface area contributed by atoms with Crippen molar-refractivity contribution in [3.05, 3.63) is 0 Å². The normalized spacial score (nSPS) is 28.4. The molecule has 114 valence electrons. The second kappa shape index (κ2) is 4.67. The number of amides is 3. The van der Waals surface area contributed by atoms with E-state index in [1.54, 1.807) is 0 Å². The topological polar surface area (TPSA) is 130 Å². The van der Waals surface area contributed by atoms with E-state index in [0.29, 0.717) is 12.8 Å². The number of imide groups is 1. The van der Waals surface area contributed by atoms with Crippen molar-refractivity contribution in [3.8, 4) is 0 Å². The molecule has 2 fully saturated rings. The summed E-state index contributed by atoms with van der Waals surface area (Å²) in [5.41, 5.74) is -1.29. The van der Waals surface area contributed by atoms with Crippen LogP contribution in [0, 0.1) is 0 Å². The summed E-state index contributed by atoms with van der Waals surface area (Å²) in [5, 5.41) is 3.49. The Kier molecular flexibility index (Phi) is 3.55. The average Bonchev–Trinajstić information content (AvgIpc) is 2.50. The fraction of sp³-hybridized carbons (Fsp3) is 0.778. The van der Waals surface area contributed by atoms with Crippen LogP contribution < -0.4 is 10.6 Å². The van der Waals surface area contributed by atoms with Gasteiger partial charge in [0.15, 0.2) is 14.9 Å². The predicted molar refractivity (Wildman–Crippen MR) is 68.8 cm³/mol. The Bertz CT molecular complexity index is 655. The lowest BCUT2D eigenvalue weighted by Gasteiger charge is -2.36. The first-order chi connectivity index (χ1) is 9.04. The van der Waals surface area contributed by atoms with Crippen LogP contribution >= 0.6 is 0 Å². The van der Waals surface area contributed by atoms with E-state index in [1.165, 1.54) is 0 Å². The summed E-state index contributed by atoms with van der Waals surface area (Å²) in [6.45, 7) is -0.120. The largest absolute Gasteiger partial charge is 0.322 e. The van der Waals surface area contributed by atoms with E-state index in [1.807, 2.05) is 0 Å². The summed E-state index contributed by atoms with van der Waals surface area (Å²) in [6, 6.07) is -0.669. The summed E-state index contributed by atoms with van der Waals surface area (Å²) >= 11 is 0. The van der Waals surface area contributed by atoms with Gasteiger partial charge in [-0.05, 0) is 12.8 Å². The van der Waals surface area contributed by atoms with Gasteiger partial charge in [0.05, 0.1) is 0 Å². The Labute approximate surface area is 116 Å². The third kappa shape index (κ3) is 2.94. The molecule has 0 saturated carbocycles. The lowest BCUT2D eigenvalue weighted by atomic mass is 9.90. The highest BCUT2D eigenvalue weighted by atomic mass is 32.3. The van der Waals surface area contributed by atoms with Crippen molar-refractivity contribution in [3.63, 3.8) is 0 Å². The molecule has 2 rings (SSSR count). The molecule has 0 bridgehead atoms. The Hall–Kier alpha value is -1.20. The molecular weight excluding hydrogens is 310 g/mol. The van der Waals surface area contributed by atoms with Crippen LogP contribution in [-0.2, 0) is 24.7 Å². The van der Waals surface area contributed by atoms with Crippen molar-refractivity contribution < 1.29 is 26.4 Å². The van der Waals surface area contributed by atoms with Crippen molar-refractivity contribution in [2.24, 2.45) is 0 Å². The van der Waals surface area contributed by atoms with Gasteiger partial charge >= 0.3 is 6.03 Å². The maximum Gasteiger partial charge on any atom is 0.322 e. The standard InChI is InChI=1S/C9H15N3O6S2/c1-19(15,16)6-20(17,18)12-4-2-3-9(5-12)7(13)10-8(14)11-9/h2-6H2,1H3,(H2,10,11,13,14). The predicted octanol–water partition coefficient (Wildman–Crippen LogP) is -2.01. The maximum absolute atomic E-state index is 12.0. The Morgan fingerprint density at radius 2 is 1.90 bits per heavy atom. The molecule has 20 heavy (non-hydrogen) atoms. The van der Waals surface area contributed by atoms with Crippen LogP contribution in [0.1, 0.15) is 12.8 Å². The fourth-order valence-corrected chi connectivity index (χ4v) is 6.00. The number of nitrogens with one attached hydrogen (secondary N) is 2. The summed E-state index contributed by atoms with van der Waals surface area (Å²) in [5.74, 6) is -0.582. The third-order valence-electron chi connectivity index (χ3n) is 3.23. The monoisotopic (exact) mass is 325 g/mol. The van der Waals surface area contributed by atoms with Crippen LogP contribution in [0.15, 0.2) is 0 Å². The molecule has 3 amide bonds. The Balaban J connectivity index is 2.24. The van der Waals surface area contributed by atoms with Crippen molar-refractivity contribution in [1.29, 1.82) is 0 Å². The fourth-order valence-electron chi connectivity index (χ4n) is 2.41. The van der Waals surface area contributed by atoms with E-state index in [2.05, 4.69) is 10.6 Å². The van der Waals surface area contributed by atoms with Gasteiger partial charge in [-0.15, -0.1) is 0 Å². The van der Waals surface area contributed by atoms with Crippen LogP contribution in [0.25, 0.3) is 0 Å². The smallest absolute Gasteiger partial charge is 0.322 e. The lowest BCUT2D eigenvalue weighted by molar-refractivity contribution is -0.125. The first kappa shape index (κ1) is 15.2. The quantitative estimate of drug-likeness (QED) is 0.577. The number of carbonyl (C=O) groups excluding carboxylic acids is 2. The van der Waals surface area contributed by atoms with Crippen molar-refractivity contribution in [1.82, 2.24) is 14.9 Å². The third-order valence-corrected chi connectivity index (χ3v) is 7.23. The summed E-state index contributed by atoms with van der Waals surface area (Å²) in [7, 11) is -7.74. The summed E-state index contributed by atoms with van der Waals surface area (Å²) in [6.07, 6.45) is 1.50. The van der Waals surface area contributed by atoms with E-state index in [0.717, 1.165) is 10.6 Å². The zero-order valence-electron chi connectivity index (χ0n) is 10.7. The molecule has 0 aromatic carbocycles. The van der Waals surface area contributed by atoms with E-state index < -0.39 is 42.4 Å². The number of hydrogen-bond donors (Lipinski definition) is 2. The van der Waals surface area contributed by atoms with Gasteiger partial charge in [-0.1, -0.05) is 0 Å². The molecule has 2 aliphatic rings. The van der Waals surface area contributed by atoms with Crippen LogP contribution in [-0.4, -0.2) is 63.0 Å². The lowest BCUT2D eigenvalue weighted by Crippen LogP contribution is -2.60. The van der Waals surface area contributed by atoms with Gasteiger partial charge in [0.1, 0.15) is 5.54 Å². The molecule has 2 heterocycles. The minimum atomic E-state index is -4.03. The van der Waals surface area contributed by atoms with Crippen LogP contribution in [0.5, 0.6) is 0 Å². The molecule has 0 aromatic heterocycles. The Morgan fingerprint density at radius 1 is 1.25 bits per heavy atom. The van der Waals surface area contributed by atoms with Crippen molar-refractivity contribution in [2.75, 3.05) is 24.4 Å². The minimum Gasteiger partial charge on any atom is -0.322 e. The average molecular weight is 325 g/mol. The number of piperidine rings is 1. The molecule has 9 nitrogen and oxygen atoms in total. The van der Waals surface area contributed by atoms with Gasteiger partial charge in [-0.2, -0.15) is 4.31 Å². The van der Waals surface area contributed by atoms with Gasteiger partial charge < -0.3 is 5.32 Å². The van der Waals surface area contributed by atoms with E-state index in [4.69, 9.17) is 0 Å². The number of nitrogens with zero attached hydrogens (tertiary/aromatic N) is 1. The first-order valence-electron chi connectivity index (χ1n) is 5.83. The highest BCUT2D eigenvalue weighted by Crippen LogP contribution is 2.26. The highest BCUT2D eigenvalue weighted by Gasteiger charge is 2.50. The maximum atomic E-state index is 12.0. The molecule has 1 unspecified atom stereocenters. The second-order valence-corrected chi connectivity index (χ2v) is 9.56. The summed E-state index contributed by atoms with van der Waals surface area (Å²) < 4.78 is 47.3. The van der Waals surface area contributed by atoms with Crippen molar-refractivity contribution >= 4 is 31.8 Å². The Morgan fingerprint density at radius 3 is 2.40 bits per heavy atom. The summed E-state index contributed by atoms with van der Waals surface area (Å²) in [4.78, 5) is 23.0. The van der Waals surface area contributed by atoms with Crippen molar-refractivity contribution in [2.45, 2.75) is 18.4 Å². The van der Waals surface area contributed by atoms with Gasteiger partial charge in [0.25, 0.3) is 5.91 Å². The van der Waals surface area contributed by atoms with E-state index >= 15 is 0 Å². The van der Waals surface area contributed by atoms with Gasteiger partial charge in [-0.25, -0.2) is 21.6 Å². The minimum absolute atomic E-state index is 0.128. The zero-order valence-corrected chi connectivity index (χ0v) is 12.4. The first-order valence-corrected chi connectivity index (χ1v) is 9.50. The molecule has 2 saturated heterocycles. The molecule has 0 aliphatic carbocycles. The molecule has 1 spiro atoms. The molecule has 2 aliphatic heterocycles. The number of urea groups is 1. The number of hydrogen-bond acceptors (Lipinski definition) is 6. The SMILES string of the molecule is CS(=O)(=O)CS(=O)(=O)N1CCCC2(C1)NC(=O)NC2=O. The molecule has 0 radical (unpaired) electrons. The van der Waals surface area contributed by atoms with Gasteiger partial charge in [0.2, 0.25) is 10.0 Å². The number of rotatable bonds is 3. The highest BCUT2D eigenvalue weighted by molar-refractivity contribution is 8.06. The number of carbonyl (C=O) groups is 2. The van der Waals surface area contributed by atoms with E-state index in [9.17, 15) is 26.4 Å². The molecular formula is C9H15N3O6S2.